The van der Waals surface area contributed by atoms with Gasteiger partial charge in [0.05, 0.1) is 5.39 Å². The third-order valence-corrected chi connectivity index (χ3v) is 5.05. The molecular weight excluding hydrogens is 268 g/mol. The predicted molar refractivity (Wildman–Crippen MR) is 86.8 cm³/mol. The van der Waals surface area contributed by atoms with Gasteiger partial charge < -0.3 is 10.6 Å². The van der Waals surface area contributed by atoms with Gasteiger partial charge in [-0.25, -0.2) is 4.98 Å². The number of hydrogen-bond acceptors (Lipinski definition) is 5. The summed E-state index contributed by atoms with van der Waals surface area (Å²) in [5, 5.41) is 7.78. The molecule has 0 spiro atoms. The molecule has 1 fully saturated rings. The van der Waals surface area contributed by atoms with Crippen molar-refractivity contribution < 1.29 is 0 Å². The highest BCUT2D eigenvalue weighted by Gasteiger charge is 2.41. The number of thiophene rings is 1. The van der Waals surface area contributed by atoms with Gasteiger partial charge in [0.15, 0.2) is 0 Å². The summed E-state index contributed by atoms with van der Waals surface area (Å²) in [5.41, 5.74) is 0.525. The molecule has 1 aliphatic rings. The molecule has 0 saturated heterocycles. The van der Waals surface area contributed by atoms with Crippen LogP contribution in [0, 0.1) is 12.3 Å². The molecule has 0 bridgehead atoms. The summed E-state index contributed by atoms with van der Waals surface area (Å²) >= 11 is 1.72. The van der Waals surface area contributed by atoms with E-state index in [1.54, 1.807) is 11.3 Å². The summed E-state index contributed by atoms with van der Waals surface area (Å²) in [6.45, 7) is 5.42. The van der Waals surface area contributed by atoms with E-state index in [1.165, 1.54) is 30.6 Å². The zero-order valence-corrected chi connectivity index (χ0v) is 13.2. The lowest BCUT2D eigenvalue weighted by Gasteiger charge is -2.16. The van der Waals surface area contributed by atoms with E-state index in [0.717, 1.165) is 22.6 Å². The Bertz CT molecular complexity index is 616. The Labute approximate surface area is 124 Å². The Morgan fingerprint density at radius 2 is 2.15 bits per heavy atom. The lowest BCUT2D eigenvalue weighted by molar-refractivity contribution is 0.485. The number of nitrogens with zero attached hydrogens (tertiary/aromatic N) is 2. The molecule has 2 N–H and O–H groups in total. The molecule has 2 heterocycles. The third kappa shape index (κ3) is 2.59. The monoisotopic (exact) mass is 290 g/mol. The fraction of sp³-hybridized carbons (Fsp3) is 0.600. The minimum Gasteiger partial charge on any atom is -0.369 e. The van der Waals surface area contributed by atoms with Gasteiger partial charge >= 0.3 is 0 Å². The van der Waals surface area contributed by atoms with Crippen LogP contribution >= 0.6 is 11.3 Å². The summed E-state index contributed by atoms with van der Waals surface area (Å²) < 4.78 is 0. The normalized spacial score (nSPS) is 16.4. The Morgan fingerprint density at radius 3 is 2.80 bits per heavy atom. The molecule has 0 aromatic carbocycles. The van der Waals surface area contributed by atoms with Gasteiger partial charge in [-0.1, -0.05) is 13.3 Å². The molecule has 2 aromatic rings. The Balaban J connectivity index is 1.86. The van der Waals surface area contributed by atoms with E-state index in [1.807, 2.05) is 7.05 Å². The molecular formula is C15H22N4S. The van der Waals surface area contributed by atoms with Crippen molar-refractivity contribution in [2.75, 3.05) is 24.2 Å². The Kier molecular flexibility index (Phi) is 3.54. The minimum atomic E-state index is 0.525. The number of rotatable bonds is 6. The lowest BCUT2D eigenvalue weighted by atomic mass is 10.0. The highest BCUT2D eigenvalue weighted by Crippen LogP contribution is 2.49. The van der Waals surface area contributed by atoms with Gasteiger partial charge in [-0.3, -0.25) is 0 Å². The summed E-state index contributed by atoms with van der Waals surface area (Å²) in [6, 6.07) is 2.18. The van der Waals surface area contributed by atoms with E-state index < -0.39 is 0 Å². The van der Waals surface area contributed by atoms with E-state index in [-0.39, 0.29) is 0 Å². The molecule has 2 aromatic heterocycles. The Hall–Kier alpha value is -1.36. The molecule has 0 radical (unpaired) electrons. The molecule has 4 nitrogen and oxygen atoms in total. The van der Waals surface area contributed by atoms with Gasteiger partial charge in [0.2, 0.25) is 5.95 Å². The zero-order valence-electron chi connectivity index (χ0n) is 12.4. The maximum Gasteiger partial charge on any atom is 0.225 e. The highest BCUT2D eigenvalue weighted by molar-refractivity contribution is 7.18. The minimum absolute atomic E-state index is 0.525. The zero-order chi connectivity index (χ0) is 14.2. The van der Waals surface area contributed by atoms with Crippen molar-refractivity contribution in [3.63, 3.8) is 0 Å². The fourth-order valence-electron chi connectivity index (χ4n) is 2.78. The summed E-state index contributed by atoms with van der Waals surface area (Å²) in [6.07, 6.45) is 5.28. The van der Waals surface area contributed by atoms with Crippen molar-refractivity contribution in [2.24, 2.45) is 5.41 Å². The van der Waals surface area contributed by atoms with Crippen molar-refractivity contribution in [1.82, 2.24) is 9.97 Å². The van der Waals surface area contributed by atoms with Crippen molar-refractivity contribution in [1.29, 1.82) is 0 Å². The molecule has 1 saturated carbocycles. The summed E-state index contributed by atoms with van der Waals surface area (Å²) in [5.74, 6) is 1.67. The lowest BCUT2D eigenvalue weighted by Crippen LogP contribution is -2.16. The largest absolute Gasteiger partial charge is 0.369 e. The molecule has 0 atom stereocenters. The number of fused-ring (bicyclic) bond motifs is 1. The van der Waals surface area contributed by atoms with Crippen LogP contribution < -0.4 is 10.6 Å². The smallest absolute Gasteiger partial charge is 0.225 e. The van der Waals surface area contributed by atoms with Crippen LogP contribution in [-0.4, -0.2) is 23.6 Å². The molecule has 0 aliphatic heterocycles. The number of hydrogen-bond donors (Lipinski definition) is 2. The van der Waals surface area contributed by atoms with Crippen LogP contribution in [0.4, 0.5) is 11.8 Å². The van der Waals surface area contributed by atoms with Gasteiger partial charge in [0, 0.05) is 18.5 Å². The number of aromatic nitrogens is 2. The van der Waals surface area contributed by atoms with Gasteiger partial charge in [0.1, 0.15) is 10.6 Å². The van der Waals surface area contributed by atoms with Gasteiger partial charge in [0.25, 0.3) is 0 Å². The van der Waals surface area contributed by atoms with Crippen LogP contribution in [0.5, 0.6) is 0 Å². The van der Waals surface area contributed by atoms with Crippen LogP contribution in [0.1, 0.15) is 37.5 Å². The van der Waals surface area contributed by atoms with E-state index in [4.69, 9.17) is 0 Å². The average Bonchev–Trinajstić information content (AvgIpc) is 3.09. The quantitative estimate of drug-likeness (QED) is 0.843. The first-order valence-corrected chi connectivity index (χ1v) is 8.17. The SMILES string of the molecule is CCCC1(CNc2nc(NC)nc3sc(C)cc23)CC1. The topological polar surface area (TPSA) is 49.8 Å². The highest BCUT2D eigenvalue weighted by atomic mass is 32.1. The van der Waals surface area contributed by atoms with Crippen molar-refractivity contribution in [3.8, 4) is 0 Å². The number of anilines is 2. The standard InChI is InChI=1S/C15H22N4S/c1-4-5-15(6-7-15)9-17-12-11-8-10(2)20-13(11)19-14(16-3)18-12/h8H,4-7,9H2,1-3H3,(H2,16,17,18,19). The summed E-state index contributed by atoms with van der Waals surface area (Å²) in [7, 11) is 1.87. The molecule has 5 heteroatoms. The second kappa shape index (κ2) is 5.20. The van der Waals surface area contributed by atoms with Crippen molar-refractivity contribution in [3.05, 3.63) is 10.9 Å². The van der Waals surface area contributed by atoms with Crippen LogP contribution in [0.25, 0.3) is 10.2 Å². The van der Waals surface area contributed by atoms with E-state index in [0.29, 0.717) is 11.4 Å². The molecule has 3 rings (SSSR count). The fourth-order valence-corrected chi connectivity index (χ4v) is 3.66. The maximum atomic E-state index is 4.60. The van der Waals surface area contributed by atoms with Gasteiger partial charge in [-0.15, -0.1) is 11.3 Å². The first-order valence-electron chi connectivity index (χ1n) is 7.35. The Morgan fingerprint density at radius 1 is 1.35 bits per heavy atom. The molecule has 20 heavy (non-hydrogen) atoms. The molecule has 0 amide bonds. The van der Waals surface area contributed by atoms with Gasteiger partial charge in [-0.05, 0) is 37.7 Å². The molecule has 108 valence electrons. The van der Waals surface area contributed by atoms with Crippen LogP contribution in [-0.2, 0) is 0 Å². The second-order valence-corrected chi connectivity index (χ2v) is 7.06. The molecule has 1 aliphatic carbocycles. The van der Waals surface area contributed by atoms with E-state index in [9.17, 15) is 0 Å². The average molecular weight is 290 g/mol. The van der Waals surface area contributed by atoms with Crippen LogP contribution in [0.2, 0.25) is 0 Å². The molecule has 0 unspecified atom stereocenters. The first-order chi connectivity index (χ1) is 9.65. The van der Waals surface area contributed by atoms with Crippen LogP contribution in [0.15, 0.2) is 6.07 Å². The van der Waals surface area contributed by atoms with E-state index >= 15 is 0 Å². The van der Waals surface area contributed by atoms with Crippen molar-refractivity contribution >= 4 is 33.3 Å². The van der Waals surface area contributed by atoms with E-state index in [2.05, 4.69) is 40.5 Å². The summed E-state index contributed by atoms with van der Waals surface area (Å²) in [4.78, 5) is 11.5. The van der Waals surface area contributed by atoms with Gasteiger partial charge in [-0.2, -0.15) is 4.98 Å². The first kappa shape index (κ1) is 13.6. The van der Waals surface area contributed by atoms with Crippen LogP contribution in [0.3, 0.4) is 0 Å². The number of aryl methyl sites for hydroxylation is 1. The third-order valence-electron chi connectivity index (χ3n) is 4.11. The maximum absolute atomic E-state index is 4.60. The predicted octanol–water partition coefficient (Wildman–Crippen LogP) is 4.03. The second-order valence-electron chi connectivity index (χ2n) is 5.83. The van der Waals surface area contributed by atoms with Crippen molar-refractivity contribution in [2.45, 2.75) is 39.5 Å². The number of nitrogens with one attached hydrogen (secondary N) is 2.